The van der Waals surface area contributed by atoms with Gasteiger partial charge in [-0.05, 0) is 49.7 Å². The number of likely N-dealkylation sites (tertiary alicyclic amines) is 1. The number of nitrogens with two attached hydrogens (primary N) is 1. The highest BCUT2D eigenvalue weighted by Gasteiger charge is 2.23. The van der Waals surface area contributed by atoms with Crippen molar-refractivity contribution in [1.82, 2.24) is 13.9 Å². The monoisotopic (exact) mass is 493 g/mol. The van der Waals surface area contributed by atoms with E-state index < -0.39 is 14.9 Å². The Kier molecular flexibility index (Phi) is 7.42. The minimum Gasteiger partial charge on any atom is -0.393 e. The van der Waals surface area contributed by atoms with Gasteiger partial charge in [-0.15, -0.1) is 0 Å². The van der Waals surface area contributed by atoms with Crippen LogP contribution in [0, 0.1) is 10.1 Å². The maximum Gasteiger partial charge on any atom is 0.311 e. The first-order valence-electron chi connectivity index (χ1n) is 11.3. The molecule has 2 aromatic carbocycles. The number of nitrogens with zero attached hydrogens (tertiary/aromatic N) is 4. The Hall–Kier alpha value is -3.76. The van der Waals surface area contributed by atoms with E-state index in [1.54, 1.807) is 18.2 Å². The largest absolute Gasteiger partial charge is 0.393 e. The number of nitrogen functional groups attached to an aromatic ring is 1. The first kappa shape index (κ1) is 24.4. The van der Waals surface area contributed by atoms with Gasteiger partial charge in [-0.1, -0.05) is 55.0 Å². The van der Waals surface area contributed by atoms with Crippen LogP contribution in [0.4, 0.5) is 11.4 Å². The van der Waals surface area contributed by atoms with Gasteiger partial charge in [0.15, 0.2) is 5.65 Å². The average molecular weight is 494 g/mol. The Balaban J connectivity index is 0.000000189. The van der Waals surface area contributed by atoms with E-state index in [9.17, 15) is 18.5 Å². The molecule has 3 heterocycles. The van der Waals surface area contributed by atoms with E-state index in [2.05, 4.69) is 40.2 Å². The molecule has 10 heteroatoms. The standard InChI is InChI=1S/C13H10N4O4S.C12H17N/c14-12-10-6-7-16(13(10)15-8-11(12)17(18)19)22(20,21)9-4-2-1-3-5-9;1-3-7-12(8-4-1)11-13-9-5-2-6-10-13/h1-8H,(H2,14,15);1,3-4,7-8H,2,5-6,9-11H2. The highest BCUT2D eigenvalue weighted by atomic mass is 32.2. The van der Waals surface area contributed by atoms with Crippen molar-refractivity contribution >= 4 is 32.4 Å². The molecular weight excluding hydrogens is 466 g/mol. The molecule has 5 rings (SSSR count). The van der Waals surface area contributed by atoms with Crippen LogP contribution < -0.4 is 5.73 Å². The van der Waals surface area contributed by atoms with Gasteiger partial charge in [-0.25, -0.2) is 17.4 Å². The molecule has 1 aliphatic rings. The zero-order chi connectivity index (χ0) is 24.8. The van der Waals surface area contributed by atoms with Crippen molar-refractivity contribution in [2.24, 2.45) is 0 Å². The maximum atomic E-state index is 12.6. The molecule has 0 bridgehead atoms. The van der Waals surface area contributed by atoms with E-state index in [-0.39, 0.29) is 27.3 Å². The summed E-state index contributed by atoms with van der Waals surface area (Å²) < 4.78 is 26.1. The van der Waals surface area contributed by atoms with Gasteiger partial charge in [0.1, 0.15) is 11.9 Å². The average Bonchev–Trinajstić information content (AvgIpc) is 3.32. The molecule has 0 saturated carbocycles. The second kappa shape index (κ2) is 10.7. The fourth-order valence-electron chi connectivity index (χ4n) is 4.08. The lowest BCUT2D eigenvalue weighted by Crippen LogP contribution is -2.28. The molecule has 0 radical (unpaired) electrons. The third-order valence-corrected chi connectivity index (χ3v) is 7.58. The summed E-state index contributed by atoms with van der Waals surface area (Å²) in [5, 5.41) is 11.1. The highest BCUT2D eigenvalue weighted by molar-refractivity contribution is 7.90. The van der Waals surface area contributed by atoms with E-state index in [1.807, 2.05) is 0 Å². The van der Waals surface area contributed by atoms with Gasteiger partial charge in [-0.3, -0.25) is 15.0 Å². The topological polar surface area (TPSA) is 124 Å². The van der Waals surface area contributed by atoms with Gasteiger partial charge >= 0.3 is 5.69 Å². The van der Waals surface area contributed by atoms with Crippen molar-refractivity contribution in [3.8, 4) is 0 Å². The van der Waals surface area contributed by atoms with E-state index in [0.717, 1.165) is 16.7 Å². The molecule has 4 aromatic rings. The number of hydrogen-bond acceptors (Lipinski definition) is 7. The van der Waals surface area contributed by atoms with Gasteiger partial charge in [0.25, 0.3) is 10.0 Å². The van der Waals surface area contributed by atoms with E-state index in [4.69, 9.17) is 5.73 Å². The van der Waals surface area contributed by atoms with Crippen molar-refractivity contribution in [2.75, 3.05) is 18.8 Å². The minimum absolute atomic E-state index is 0.0481. The van der Waals surface area contributed by atoms with E-state index >= 15 is 0 Å². The number of anilines is 1. The molecular formula is C25H27N5O4S. The Morgan fingerprint density at radius 3 is 2.20 bits per heavy atom. The Morgan fingerprint density at radius 2 is 1.57 bits per heavy atom. The molecule has 1 aliphatic heterocycles. The molecule has 0 atom stereocenters. The molecule has 182 valence electrons. The van der Waals surface area contributed by atoms with Crippen LogP contribution in [0.2, 0.25) is 0 Å². The van der Waals surface area contributed by atoms with E-state index in [0.29, 0.717) is 0 Å². The van der Waals surface area contributed by atoms with Gasteiger partial charge in [-0.2, -0.15) is 0 Å². The second-order valence-electron chi connectivity index (χ2n) is 8.30. The van der Waals surface area contributed by atoms with Crippen LogP contribution in [0.5, 0.6) is 0 Å². The van der Waals surface area contributed by atoms with Crippen molar-refractivity contribution in [2.45, 2.75) is 30.7 Å². The van der Waals surface area contributed by atoms with Crippen LogP contribution >= 0.6 is 0 Å². The number of piperidine rings is 1. The lowest BCUT2D eigenvalue weighted by Gasteiger charge is -2.26. The summed E-state index contributed by atoms with van der Waals surface area (Å²) in [4.78, 5) is 16.7. The predicted molar refractivity (Wildman–Crippen MR) is 135 cm³/mol. The van der Waals surface area contributed by atoms with Crippen molar-refractivity contribution < 1.29 is 13.3 Å². The highest BCUT2D eigenvalue weighted by Crippen LogP contribution is 2.30. The fraction of sp³-hybridized carbons (Fsp3) is 0.240. The fourth-order valence-corrected chi connectivity index (χ4v) is 5.40. The molecule has 0 unspecified atom stereocenters. The number of nitro groups is 1. The summed E-state index contributed by atoms with van der Waals surface area (Å²) in [6.45, 7) is 3.71. The van der Waals surface area contributed by atoms with Crippen LogP contribution in [0.25, 0.3) is 11.0 Å². The maximum absolute atomic E-state index is 12.6. The number of rotatable bonds is 5. The van der Waals surface area contributed by atoms with Crippen LogP contribution in [0.1, 0.15) is 24.8 Å². The summed E-state index contributed by atoms with van der Waals surface area (Å²) in [6, 6.07) is 20.0. The second-order valence-corrected chi connectivity index (χ2v) is 10.1. The van der Waals surface area contributed by atoms with Crippen LogP contribution in [-0.4, -0.2) is 40.3 Å². The number of pyridine rings is 1. The van der Waals surface area contributed by atoms with Crippen molar-refractivity contribution in [3.63, 3.8) is 0 Å². The normalized spacial score (nSPS) is 14.3. The van der Waals surface area contributed by atoms with Gasteiger partial charge in [0.2, 0.25) is 0 Å². The lowest BCUT2D eigenvalue weighted by atomic mass is 10.1. The minimum atomic E-state index is -3.84. The summed E-state index contributed by atoms with van der Waals surface area (Å²) in [5.41, 5.74) is 6.75. The van der Waals surface area contributed by atoms with Crippen LogP contribution in [0.15, 0.2) is 84.0 Å². The molecule has 0 spiro atoms. The summed E-state index contributed by atoms with van der Waals surface area (Å²) in [7, 11) is -3.84. The Morgan fingerprint density at radius 1 is 0.943 bits per heavy atom. The number of benzene rings is 2. The first-order valence-corrected chi connectivity index (χ1v) is 12.8. The quantitative estimate of drug-likeness (QED) is 0.322. The van der Waals surface area contributed by atoms with Gasteiger partial charge < -0.3 is 5.73 Å². The number of aromatic nitrogens is 2. The summed E-state index contributed by atoms with van der Waals surface area (Å²) in [5.74, 6) is 0. The molecule has 2 N–H and O–H groups in total. The van der Waals surface area contributed by atoms with Crippen molar-refractivity contribution in [1.29, 1.82) is 0 Å². The molecule has 0 aliphatic carbocycles. The third kappa shape index (κ3) is 5.50. The Labute approximate surface area is 204 Å². The number of hydrogen-bond donors (Lipinski definition) is 1. The van der Waals surface area contributed by atoms with Crippen LogP contribution in [-0.2, 0) is 16.6 Å². The van der Waals surface area contributed by atoms with E-state index in [1.165, 1.54) is 62.3 Å². The Bertz CT molecular complexity index is 1400. The summed E-state index contributed by atoms with van der Waals surface area (Å²) in [6.07, 6.45) is 6.42. The first-order chi connectivity index (χ1) is 16.9. The number of fused-ring (bicyclic) bond motifs is 1. The zero-order valence-corrected chi connectivity index (χ0v) is 20.0. The molecule has 1 saturated heterocycles. The predicted octanol–water partition coefficient (Wildman–Crippen LogP) is 4.44. The molecule has 2 aromatic heterocycles. The SMILES string of the molecule is Nc1c([N+](=O)[O-])cnc2c1ccn2S(=O)(=O)c1ccccc1.c1ccc(CN2CCCCC2)cc1. The zero-order valence-electron chi connectivity index (χ0n) is 19.2. The molecule has 0 amide bonds. The molecule has 1 fully saturated rings. The summed E-state index contributed by atoms with van der Waals surface area (Å²) >= 11 is 0. The van der Waals surface area contributed by atoms with Crippen LogP contribution in [0.3, 0.4) is 0 Å². The third-order valence-electron chi connectivity index (χ3n) is 5.90. The molecule has 9 nitrogen and oxygen atoms in total. The molecule has 35 heavy (non-hydrogen) atoms. The van der Waals surface area contributed by atoms with Gasteiger partial charge in [0.05, 0.1) is 15.2 Å². The van der Waals surface area contributed by atoms with Crippen molar-refractivity contribution in [3.05, 3.63) is 94.8 Å². The lowest BCUT2D eigenvalue weighted by molar-refractivity contribution is -0.384. The van der Waals surface area contributed by atoms with Gasteiger partial charge in [0, 0.05) is 12.7 Å². The smallest absolute Gasteiger partial charge is 0.311 e.